The molecule has 0 bridgehead atoms. The zero-order valence-electron chi connectivity index (χ0n) is 6.66. The molecule has 0 aliphatic rings. The first kappa shape index (κ1) is 7.91. The zero-order valence-corrected chi connectivity index (χ0v) is 6.66. The molecule has 1 atom stereocenters. The summed E-state index contributed by atoms with van der Waals surface area (Å²) < 4.78 is 0. The molecule has 11 heavy (non-hydrogen) atoms. The highest BCUT2D eigenvalue weighted by Crippen LogP contribution is 2.07. The average molecular weight is 153 g/mol. The summed E-state index contributed by atoms with van der Waals surface area (Å²) >= 11 is 0. The van der Waals surface area contributed by atoms with Crippen molar-refractivity contribution in [3.8, 4) is 0 Å². The number of ketones is 1. The van der Waals surface area contributed by atoms with Gasteiger partial charge < -0.3 is 0 Å². The van der Waals surface area contributed by atoms with Crippen LogP contribution in [0.5, 0.6) is 0 Å². The summed E-state index contributed by atoms with van der Waals surface area (Å²) in [6, 6.07) is 0. The van der Waals surface area contributed by atoms with Crippen molar-refractivity contribution < 1.29 is 4.79 Å². The fourth-order valence-electron chi connectivity index (χ4n) is 0.758. The zero-order chi connectivity index (χ0) is 8.27. The van der Waals surface area contributed by atoms with E-state index in [1.54, 1.807) is 0 Å². The predicted molar refractivity (Wildman–Crippen MR) is 40.2 cm³/mol. The van der Waals surface area contributed by atoms with Gasteiger partial charge in [0.15, 0.2) is 5.78 Å². The molecule has 4 nitrogen and oxygen atoms in total. The molecule has 1 aromatic rings. The van der Waals surface area contributed by atoms with Gasteiger partial charge in [-0.1, -0.05) is 13.8 Å². The van der Waals surface area contributed by atoms with Crippen molar-refractivity contribution in [2.24, 2.45) is 5.92 Å². The molecule has 1 rings (SSSR count). The number of carbonyl (C=O) groups excluding carboxylic acids is 1. The third-order valence-electron chi connectivity index (χ3n) is 1.73. The first-order valence-corrected chi connectivity index (χ1v) is 3.65. The number of carbonyl (C=O) groups is 1. The summed E-state index contributed by atoms with van der Waals surface area (Å²) in [7, 11) is 0. The summed E-state index contributed by atoms with van der Waals surface area (Å²) in [6.45, 7) is 3.86. The molecular weight excluding hydrogens is 142 g/mol. The lowest BCUT2D eigenvalue weighted by Gasteiger charge is -2.01. The molecule has 0 aliphatic carbocycles. The summed E-state index contributed by atoms with van der Waals surface area (Å²) in [5.41, 5.74) is 0.430. The van der Waals surface area contributed by atoms with Crippen LogP contribution in [-0.4, -0.2) is 21.2 Å². The van der Waals surface area contributed by atoms with Gasteiger partial charge in [-0.3, -0.25) is 4.79 Å². The Hall–Kier alpha value is -1.19. The van der Waals surface area contributed by atoms with Crippen molar-refractivity contribution in [2.45, 2.75) is 20.3 Å². The highest BCUT2D eigenvalue weighted by Gasteiger charge is 2.14. The molecular formula is C7H11N3O. The van der Waals surface area contributed by atoms with Crippen LogP contribution in [0, 0.1) is 5.92 Å². The standard InChI is InChI=1S/C7H11N3O/c1-3-5(2)7(11)6-4-8-10-9-6/h4-5H,3H2,1-2H3,(H,8,9,10). The van der Waals surface area contributed by atoms with Crippen LogP contribution in [-0.2, 0) is 0 Å². The molecule has 0 saturated heterocycles. The van der Waals surface area contributed by atoms with E-state index in [1.165, 1.54) is 6.20 Å². The van der Waals surface area contributed by atoms with Gasteiger partial charge in [-0.05, 0) is 6.42 Å². The number of nitrogens with one attached hydrogen (secondary N) is 1. The van der Waals surface area contributed by atoms with E-state index in [0.717, 1.165) is 6.42 Å². The Labute approximate surface area is 65.0 Å². The second-order valence-electron chi connectivity index (χ2n) is 2.53. The molecule has 0 aromatic carbocycles. The molecule has 1 aromatic heterocycles. The topological polar surface area (TPSA) is 58.6 Å². The number of hydrogen-bond acceptors (Lipinski definition) is 3. The van der Waals surface area contributed by atoms with Crippen molar-refractivity contribution in [1.82, 2.24) is 15.4 Å². The first-order valence-electron chi connectivity index (χ1n) is 3.65. The van der Waals surface area contributed by atoms with Gasteiger partial charge in [0, 0.05) is 5.92 Å². The molecule has 4 heteroatoms. The molecule has 0 spiro atoms. The van der Waals surface area contributed by atoms with Crippen molar-refractivity contribution in [3.63, 3.8) is 0 Å². The van der Waals surface area contributed by atoms with Crippen LogP contribution >= 0.6 is 0 Å². The largest absolute Gasteiger partial charge is 0.292 e. The minimum Gasteiger partial charge on any atom is -0.292 e. The van der Waals surface area contributed by atoms with Gasteiger partial charge in [-0.15, -0.1) is 0 Å². The number of Topliss-reactive ketones (excluding diaryl/α,β-unsaturated/α-hetero) is 1. The van der Waals surface area contributed by atoms with Gasteiger partial charge in [0.05, 0.1) is 6.20 Å². The highest BCUT2D eigenvalue weighted by atomic mass is 16.1. The Morgan fingerprint density at radius 3 is 3.00 bits per heavy atom. The van der Waals surface area contributed by atoms with Crippen LogP contribution in [0.1, 0.15) is 30.8 Å². The molecule has 1 N–H and O–H groups in total. The monoisotopic (exact) mass is 153 g/mol. The molecule has 0 radical (unpaired) electrons. The minimum atomic E-state index is 0.0418. The van der Waals surface area contributed by atoms with E-state index >= 15 is 0 Å². The molecule has 1 unspecified atom stereocenters. The predicted octanol–water partition coefficient (Wildman–Crippen LogP) is 1.03. The smallest absolute Gasteiger partial charge is 0.187 e. The summed E-state index contributed by atoms with van der Waals surface area (Å²) in [4.78, 5) is 11.3. The number of hydrogen-bond donors (Lipinski definition) is 1. The van der Waals surface area contributed by atoms with E-state index < -0.39 is 0 Å². The second-order valence-corrected chi connectivity index (χ2v) is 2.53. The van der Waals surface area contributed by atoms with Crippen LogP contribution in [0.15, 0.2) is 6.20 Å². The fraction of sp³-hybridized carbons (Fsp3) is 0.571. The molecule has 60 valence electrons. The normalized spacial score (nSPS) is 12.9. The van der Waals surface area contributed by atoms with Gasteiger partial charge in [0.2, 0.25) is 0 Å². The number of aromatic amines is 1. The maximum absolute atomic E-state index is 11.3. The van der Waals surface area contributed by atoms with Crippen LogP contribution in [0.3, 0.4) is 0 Å². The lowest BCUT2D eigenvalue weighted by Crippen LogP contribution is -2.10. The summed E-state index contributed by atoms with van der Waals surface area (Å²) in [5.74, 6) is 0.0985. The van der Waals surface area contributed by atoms with Gasteiger partial charge >= 0.3 is 0 Å². The maximum atomic E-state index is 11.3. The SMILES string of the molecule is CCC(C)C(=O)c1cn[nH]n1. The number of H-pyrrole nitrogens is 1. The first-order chi connectivity index (χ1) is 5.25. The fourth-order valence-corrected chi connectivity index (χ4v) is 0.758. The highest BCUT2D eigenvalue weighted by molar-refractivity contribution is 5.95. The average Bonchev–Trinajstić information content (AvgIpc) is 2.53. The summed E-state index contributed by atoms with van der Waals surface area (Å²) in [6.07, 6.45) is 2.29. The lowest BCUT2D eigenvalue weighted by molar-refractivity contribution is 0.0922. The number of rotatable bonds is 3. The number of aromatic nitrogens is 3. The van der Waals surface area contributed by atoms with E-state index in [0.29, 0.717) is 5.69 Å². The van der Waals surface area contributed by atoms with Crippen molar-refractivity contribution in [3.05, 3.63) is 11.9 Å². The molecule has 0 aliphatic heterocycles. The van der Waals surface area contributed by atoms with E-state index in [1.807, 2.05) is 13.8 Å². The van der Waals surface area contributed by atoms with Crippen molar-refractivity contribution in [2.75, 3.05) is 0 Å². The van der Waals surface area contributed by atoms with Gasteiger partial charge in [-0.2, -0.15) is 15.4 Å². The van der Waals surface area contributed by atoms with Gasteiger partial charge in [-0.25, -0.2) is 0 Å². The Balaban J connectivity index is 2.70. The second kappa shape index (κ2) is 3.27. The minimum absolute atomic E-state index is 0.0418. The third kappa shape index (κ3) is 1.63. The number of nitrogens with zero attached hydrogens (tertiary/aromatic N) is 2. The van der Waals surface area contributed by atoms with E-state index in [4.69, 9.17) is 0 Å². The van der Waals surface area contributed by atoms with E-state index in [-0.39, 0.29) is 11.7 Å². The summed E-state index contributed by atoms with van der Waals surface area (Å²) in [5, 5.41) is 9.67. The van der Waals surface area contributed by atoms with Crippen LogP contribution in [0.4, 0.5) is 0 Å². The van der Waals surface area contributed by atoms with Gasteiger partial charge in [0.1, 0.15) is 5.69 Å². The maximum Gasteiger partial charge on any atom is 0.187 e. The van der Waals surface area contributed by atoms with E-state index in [9.17, 15) is 4.79 Å². The Bertz CT molecular complexity index is 230. The molecule has 0 saturated carbocycles. The Kier molecular flexibility index (Phi) is 2.36. The molecule has 0 fully saturated rings. The van der Waals surface area contributed by atoms with Crippen LogP contribution < -0.4 is 0 Å². The quantitative estimate of drug-likeness (QED) is 0.660. The Morgan fingerprint density at radius 1 is 1.82 bits per heavy atom. The van der Waals surface area contributed by atoms with Crippen LogP contribution in [0.2, 0.25) is 0 Å². The van der Waals surface area contributed by atoms with Crippen LogP contribution in [0.25, 0.3) is 0 Å². The van der Waals surface area contributed by atoms with E-state index in [2.05, 4.69) is 15.4 Å². The van der Waals surface area contributed by atoms with Gasteiger partial charge in [0.25, 0.3) is 0 Å². The molecule has 1 heterocycles. The van der Waals surface area contributed by atoms with Crippen molar-refractivity contribution >= 4 is 5.78 Å². The Morgan fingerprint density at radius 2 is 2.55 bits per heavy atom. The lowest BCUT2D eigenvalue weighted by atomic mass is 10.0. The third-order valence-corrected chi connectivity index (χ3v) is 1.73. The molecule has 0 amide bonds. The van der Waals surface area contributed by atoms with Crippen molar-refractivity contribution in [1.29, 1.82) is 0 Å².